The van der Waals surface area contributed by atoms with E-state index in [2.05, 4.69) is 25.5 Å². The van der Waals surface area contributed by atoms with Crippen LogP contribution >= 0.6 is 0 Å². The molecule has 2 atom stereocenters. The number of amides is 1. The van der Waals surface area contributed by atoms with E-state index in [4.69, 9.17) is 9.90 Å². The summed E-state index contributed by atoms with van der Waals surface area (Å²) in [5.41, 5.74) is 1.44. The Labute approximate surface area is 176 Å². The topological polar surface area (TPSA) is 107 Å². The van der Waals surface area contributed by atoms with E-state index in [1.807, 2.05) is 30.3 Å². The second-order valence-electron chi connectivity index (χ2n) is 7.32. The van der Waals surface area contributed by atoms with Gasteiger partial charge in [-0.25, -0.2) is 9.78 Å². The first-order valence-electron chi connectivity index (χ1n) is 9.64. The Bertz CT molecular complexity index is 898. The fourth-order valence-corrected chi connectivity index (χ4v) is 3.53. The van der Waals surface area contributed by atoms with Crippen LogP contribution in [0, 0.1) is 11.8 Å². The maximum absolute atomic E-state index is 12.3. The zero-order chi connectivity index (χ0) is 22.4. The Morgan fingerprint density at radius 3 is 2.32 bits per heavy atom. The molecule has 3 heterocycles. The summed E-state index contributed by atoms with van der Waals surface area (Å²) in [4.78, 5) is 32.2. The van der Waals surface area contributed by atoms with Gasteiger partial charge in [0.25, 0.3) is 5.91 Å². The van der Waals surface area contributed by atoms with Gasteiger partial charge >= 0.3 is 12.1 Å². The number of carboxylic acids is 1. The lowest BCUT2D eigenvalue weighted by Gasteiger charge is -2.18. The molecule has 0 saturated carbocycles. The molecule has 0 unspecified atom stereocenters. The van der Waals surface area contributed by atoms with Crippen LogP contribution in [0.1, 0.15) is 16.1 Å². The van der Waals surface area contributed by atoms with Crippen molar-refractivity contribution in [2.45, 2.75) is 12.7 Å². The molecule has 1 aromatic heterocycles. The monoisotopic (exact) mass is 437 g/mol. The van der Waals surface area contributed by atoms with Crippen molar-refractivity contribution >= 4 is 17.7 Å². The van der Waals surface area contributed by atoms with Gasteiger partial charge in [-0.15, -0.1) is 0 Å². The van der Waals surface area contributed by atoms with Gasteiger partial charge in [0, 0.05) is 32.7 Å². The average molecular weight is 437 g/mol. The third-order valence-corrected chi connectivity index (χ3v) is 5.11. The van der Waals surface area contributed by atoms with E-state index in [1.54, 1.807) is 6.20 Å². The van der Waals surface area contributed by atoms with Crippen LogP contribution in [-0.4, -0.2) is 59.3 Å². The molecule has 1 amide bonds. The number of nitrogens with one attached hydrogen (secondary N) is 2. The quantitative estimate of drug-likeness (QED) is 0.668. The summed E-state index contributed by atoms with van der Waals surface area (Å²) in [6.45, 7) is 4.62. The molecule has 2 fully saturated rings. The average Bonchev–Trinajstić information content (AvgIpc) is 3.35. The molecule has 0 bridgehead atoms. The maximum Gasteiger partial charge on any atom is 0.490 e. The third-order valence-electron chi connectivity index (χ3n) is 5.11. The second kappa shape index (κ2) is 9.73. The highest BCUT2D eigenvalue weighted by molar-refractivity contribution is 5.92. The Hall–Kier alpha value is -3.21. The molecule has 3 N–H and O–H groups in total. The molecule has 2 aromatic rings. The number of halogens is 3. The smallest absolute Gasteiger partial charge is 0.475 e. The van der Waals surface area contributed by atoms with E-state index in [9.17, 15) is 18.0 Å². The van der Waals surface area contributed by atoms with Crippen molar-refractivity contribution in [3.05, 3.63) is 54.0 Å². The number of hydrogen-bond donors (Lipinski definition) is 3. The lowest BCUT2D eigenvalue weighted by atomic mass is 10.0. The lowest BCUT2D eigenvalue weighted by Crippen LogP contribution is -2.28. The van der Waals surface area contributed by atoms with Crippen molar-refractivity contribution in [2.24, 2.45) is 11.8 Å². The van der Waals surface area contributed by atoms with Gasteiger partial charge in [-0.3, -0.25) is 9.78 Å². The Balaban J connectivity index is 0.000000339. The number of carboxylic acid groups (broad SMARTS) is 1. The van der Waals surface area contributed by atoms with Gasteiger partial charge in [-0.05, 0) is 17.4 Å². The zero-order valence-corrected chi connectivity index (χ0v) is 16.5. The van der Waals surface area contributed by atoms with E-state index in [-0.39, 0.29) is 5.91 Å². The highest BCUT2D eigenvalue weighted by Gasteiger charge is 2.38. The number of aliphatic carboxylic acids is 1. The van der Waals surface area contributed by atoms with Crippen LogP contribution in [0.2, 0.25) is 0 Å². The number of hydrogen-bond acceptors (Lipinski definition) is 6. The highest BCUT2D eigenvalue weighted by Crippen LogP contribution is 2.29. The van der Waals surface area contributed by atoms with Gasteiger partial charge in [0.05, 0.1) is 12.4 Å². The molecule has 0 spiro atoms. The molecular weight excluding hydrogens is 415 g/mol. The minimum atomic E-state index is -5.08. The first kappa shape index (κ1) is 22.5. The standard InChI is InChI=1S/C18H21N5O.C2HF3O2/c24-18(21-6-13-4-2-1-3-5-13)16-9-20-10-17(22-16)23-11-14-7-19-8-15(14)12-23;3-2(4,5)1(6)7/h1-5,9-10,14-15,19H,6-8,11-12H2,(H,21,24);(H,6,7)/t14-,15+;. The second-order valence-corrected chi connectivity index (χ2v) is 7.32. The maximum atomic E-state index is 12.3. The SMILES string of the molecule is O=C(NCc1ccccc1)c1cncc(N2C[C@H]3CNC[C@H]3C2)n1.O=C(O)C(F)(F)F. The Morgan fingerprint density at radius 1 is 1.13 bits per heavy atom. The van der Waals surface area contributed by atoms with Crippen molar-refractivity contribution in [2.75, 3.05) is 31.1 Å². The van der Waals surface area contributed by atoms with Crippen LogP contribution in [0.5, 0.6) is 0 Å². The first-order chi connectivity index (χ1) is 14.7. The summed E-state index contributed by atoms with van der Waals surface area (Å²) >= 11 is 0. The molecular formula is C20H22F3N5O3. The number of alkyl halides is 3. The van der Waals surface area contributed by atoms with Crippen molar-refractivity contribution in [3.63, 3.8) is 0 Å². The largest absolute Gasteiger partial charge is 0.490 e. The minimum Gasteiger partial charge on any atom is -0.475 e. The molecule has 31 heavy (non-hydrogen) atoms. The van der Waals surface area contributed by atoms with E-state index in [0.29, 0.717) is 24.1 Å². The number of carbonyl (C=O) groups excluding carboxylic acids is 1. The molecule has 2 aliphatic rings. The van der Waals surface area contributed by atoms with E-state index < -0.39 is 12.1 Å². The van der Waals surface area contributed by atoms with Gasteiger partial charge < -0.3 is 20.6 Å². The molecule has 0 radical (unpaired) electrons. The van der Waals surface area contributed by atoms with E-state index in [1.165, 1.54) is 6.20 Å². The first-order valence-corrected chi connectivity index (χ1v) is 9.64. The number of fused-ring (bicyclic) bond motifs is 1. The summed E-state index contributed by atoms with van der Waals surface area (Å²) < 4.78 is 31.7. The summed E-state index contributed by atoms with van der Waals surface area (Å²) in [5, 5.41) is 13.5. The van der Waals surface area contributed by atoms with Crippen molar-refractivity contribution in [1.82, 2.24) is 20.6 Å². The predicted molar refractivity (Wildman–Crippen MR) is 105 cm³/mol. The van der Waals surface area contributed by atoms with E-state index in [0.717, 1.165) is 37.6 Å². The number of rotatable bonds is 4. The molecule has 0 aliphatic carbocycles. The molecule has 2 saturated heterocycles. The molecule has 1 aromatic carbocycles. The Morgan fingerprint density at radius 2 is 1.74 bits per heavy atom. The van der Waals surface area contributed by atoms with Gasteiger partial charge in [-0.2, -0.15) is 13.2 Å². The Kier molecular flexibility index (Phi) is 7.06. The summed E-state index contributed by atoms with van der Waals surface area (Å²) in [6, 6.07) is 9.85. The number of anilines is 1. The van der Waals surface area contributed by atoms with Gasteiger partial charge in [0.2, 0.25) is 0 Å². The number of carbonyl (C=O) groups is 2. The van der Waals surface area contributed by atoms with Crippen LogP contribution in [0.15, 0.2) is 42.7 Å². The summed E-state index contributed by atoms with van der Waals surface area (Å²) in [6.07, 6.45) is -1.80. The highest BCUT2D eigenvalue weighted by atomic mass is 19.4. The van der Waals surface area contributed by atoms with E-state index >= 15 is 0 Å². The minimum absolute atomic E-state index is 0.186. The van der Waals surface area contributed by atoms with Crippen LogP contribution < -0.4 is 15.5 Å². The predicted octanol–water partition coefficient (Wildman–Crippen LogP) is 1.70. The molecule has 166 valence electrons. The third kappa shape index (κ3) is 6.14. The molecule has 8 nitrogen and oxygen atoms in total. The van der Waals surface area contributed by atoms with Crippen molar-refractivity contribution in [1.29, 1.82) is 0 Å². The van der Waals surface area contributed by atoms with Crippen LogP contribution in [-0.2, 0) is 11.3 Å². The lowest BCUT2D eigenvalue weighted by molar-refractivity contribution is -0.192. The van der Waals surface area contributed by atoms with Crippen molar-refractivity contribution < 1.29 is 27.9 Å². The molecule has 4 rings (SSSR count). The summed E-state index contributed by atoms with van der Waals surface area (Å²) in [7, 11) is 0. The summed E-state index contributed by atoms with van der Waals surface area (Å²) in [5.74, 6) is -0.775. The van der Waals surface area contributed by atoms with Gasteiger partial charge in [0.15, 0.2) is 0 Å². The zero-order valence-electron chi connectivity index (χ0n) is 16.5. The normalized spacial score (nSPS) is 19.9. The van der Waals surface area contributed by atoms with Crippen LogP contribution in [0.25, 0.3) is 0 Å². The number of nitrogens with zero attached hydrogens (tertiary/aromatic N) is 3. The van der Waals surface area contributed by atoms with Crippen molar-refractivity contribution in [3.8, 4) is 0 Å². The number of aromatic nitrogens is 2. The fourth-order valence-electron chi connectivity index (χ4n) is 3.53. The number of benzene rings is 1. The van der Waals surface area contributed by atoms with Crippen LogP contribution in [0.4, 0.5) is 19.0 Å². The molecule has 2 aliphatic heterocycles. The molecule has 11 heteroatoms. The van der Waals surface area contributed by atoms with Gasteiger partial charge in [0.1, 0.15) is 11.5 Å². The van der Waals surface area contributed by atoms with Crippen LogP contribution in [0.3, 0.4) is 0 Å². The van der Waals surface area contributed by atoms with Gasteiger partial charge in [-0.1, -0.05) is 30.3 Å². The fraction of sp³-hybridized carbons (Fsp3) is 0.400.